The van der Waals surface area contributed by atoms with Gasteiger partial charge < -0.3 is 4.90 Å². The highest BCUT2D eigenvalue weighted by molar-refractivity contribution is 7.89. The molecule has 2 aromatic rings. The predicted octanol–water partition coefficient (Wildman–Crippen LogP) is 2.71. The number of ketones is 1. The first-order valence-electron chi connectivity index (χ1n) is 8.31. The van der Waals surface area contributed by atoms with Crippen LogP contribution in [-0.4, -0.2) is 44.7 Å². The van der Waals surface area contributed by atoms with E-state index in [2.05, 4.69) is 11.0 Å². The van der Waals surface area contributed by atoms with Crippen molar-refractivity contribution in [3.05, 3.63) is 59.7 Å². The fourth-order valence-corrected chi connectivity index (χ4v) is 4.50. The van der Waals surface area contributed by atoms with Crippen LogP contribution in [0.25, 0.3) is 0 Å². The summed E-state index contributed by atoms with van der Waals surface area (Å²) in [5, 5.41) is 0. The first-order chi connectivity index (χ1) is 11.9. The van der Waals surface area contributed by atoms with Gasteiger partial charge >= 0.3 is 0 Å². The van der Waals surface area contributed by atoms with Gasteiger partial charge in [-0.05, 0) is 43.7 Å². The Kier molecular flexibility index (Phi) is 4.92. The molecule has 132 valence electrons. The number of aryl methyl sites for hydroxylation is 1. The fraction of sp³-hybridized carbons (Fsp3) is 0.316. The summed E-state index contributed by atoms with van der Waals surface area (Å²) in [6.07, 6.45) is 0. The zero-order valence-corrected chi connectivity index (χ0v) is 15.3. The lowest BCUT2D eigenvalue weighted by molar-refractivity contribution is 0.101. The number of Topliss-reactive ketones (excluding diaryl/α,β-unsaturated/α-hetero) is 1. The van der Waals surface area contributed by atoms with Gasteiger partial charge in [0.1, 0.15) is 0 Å². The molecule has 0 N–H and O–H groups in total. The number of hydrogen-bond donors (Lipinski definition) is 0. The van der Waals surface area contributed by atoms with Crippen molar-refractivity contribution in [2.75, 3.05) is 31.1 Å². The molecule has 0 unspecified atom stereocenters. The van der Waals surface area contributed by atoms with E-state index in [0.717, 1.165) is 5.69 Å². The Balaban J connectivity index is 1.75. The maximum absolute atomic E-state index is 12.9. The molecule has 0 atom stereocenters. The van der Waals surface area contributed by atoms with Crippen LogP contribution in [0.5, 0.6) is 0 Å². The Morgan fingerprint density at radius 1 is 0.960 bits per heavy atom. The minimum atomic E-state index is -3.58. The molecule has 1 aliphatic rings. The number of carbonyl (C=O) groups excluding carboxylic acids is 1. The van der Waals surface area contributed by atoms with Crippen LogP contribution in [0, 0.1) is 6.92 Å². The third kappa shape index (κ3) is 3.75. The first kappa shape index (κ1) is 17.6. The molecular weight excluding hydrogens is 336 g/mol. The van der Waals surface area contributed by atoms with Crippen molar-refractivity contribution in [1.29, 1.82) is 0 Å². The monoisotopic (exact) mass is 358 g/mol. The number of piperazine rings is 1. The van der Waals surface area contributed by atoms with Gasteiger partial charge in [0.05, 0.1) is 4.90 Å². The Labute approximate surface area is 148 Å². The second-order valence-electron chi connectivity index (χ2n) is 6.31. The summed E-state index contributed by atoms with van der Waals surface area (Å²) in [7, 11) is -3.58. The summed E-state index contributed by atoms with van der Waals surface area (Å²) < 4.78 is 27.2. The number of benzene rings is 2. The molecule has 0 spiro atoms. The Bertz CT molecular complexity index is 885. The third-order valence-corrected chi connectivity index (χ3v) is 6.38. The lowest BCUT2D eigenvalue weighted by atomic mass is 10.2. The van der Waals surface area contributed by atoms with E-state index in [9.17, 15) is 13.2 Å². The molecule has 0 radical (unpaired) electrons. The van der Waals surface area contributed by atoms with Crippen molar-refractivity contribution in [3.8, 4) is 0 Å². The molecule has 1 fully saturated rings. The van der Waals surface area contributed by atoms with Gasteiger partial charge in [0.2, 0.25) is 10.0 Å². The van der Waals surface area contributed by atoms with Gasteiger partial charge in [0.25, 0.3) is 0 Å². The van der Waals surface area contributed by atoms with Crippen molar-refractivity contribution in [3.63, 3.8) is 0 Å². The normalized spacial score (nSPS) is 16.0. The number of anilines is 1. The molecule has 3 rings (SSSR count). The number of hydrogen-bond acceptors (Lipinski definition) is 4. The van der Waals surface area contributed by atoms with E-state index >= 15 is 0 Å². The smallest absolute Gasteiger partial charge is 0.243 e. The average molecular weight is 358 g/mol. The number of rotatable bonds is 4. The zero-order chi connectivity index (χ0) is 18.0. The molecule has 5 nitrogen and oxygen atoms in total. The van der Waals surface area contributed by atoms with Crippen LogP contribution in [0.3, 0.4) is 0 Å². The third-order valence-electron chi connectivity index (χ3n) is 4.48. The molecule has 25 heavy (non-hydrogen) atoms. The van der Waals surface area contributed by atoms with Crippen LogP contribution in [0.15, 0.2) is 53.4 Å². The summed E-state index contributed by atoms with van der Waals surface area (Å²) in [6.45, 7) is 5.64. The van der Waals surface area contributed by atoms with E-state index in [0.29, 0.717) is 31.7 Å². The average Bonchev–Trinajstić information content (AvgIpc) is 2.62. The van der Waals surface area contributed by atoms with Crippen LogP contribution in [0.1, 0.15) is 22.8 Å². The van der Waals surface area contributed by atoms with Crippen molar-refractivity contribution in [2.24, 2.45) is 0 Å². The van der Waals surface area contributed by atoms with Crippen molar-refractivity contribution >= 4 is 21.5 Å². The van der Waals surface area contributed by atoms with Gasteiger partial charge in [0, 0.05) is 37.4 Å². The van der Waals surface area contributed by atoms with E-state index in [1.165, 1.54) is 22.9 Å². The van der Waals surface area contributed by atoms with Gasteiger partial charge in [-0.25, -0.2) is 8.42 Å². The molecule has 0 aliphatic carbocycles. The maximum Gasteiger partial charge on any atom is 0.243 e. The van der Waals surface area contributed by atoms with Crippen molar-refractivity contribution in [2.45, 2.75) is 18.7 Å². The van der Waals surface area contributed by atoms with Crippen molar-refractivity contribution < 1.29 is 13.2 Å². The summed E-state index contributed by atoms with van der Waals surface area (Å²) in [5.41, 5.74) is 2.73. The van der Waals surface area contributed by atoms with Crippen LogP contribution >= 0.6 is 0 Å². The Hall–Kier alpha value is -2.18. The molecule has 1 saturated heterocycles. The number of sulfonamides is 1. The molecular formula is C19H22N2O3S. The highest BCUT2D eigenvalue weighted by Gasteiger charge is 2.28. The summed E-state index contributed by atoms with van der Waals surface area (Å²) in [6, 6.07) is 14.5. The summed E-state index contributed by atoms with van der Waals surface area (Å²) in [4.78, 5) is 13.9. The minimum absolute atomic E-state index is 0.138. The zero-order valence-electron chi connectivity index (χ0n) is 14.5. The molecule has 6 heteroatoms. The second kappa shape index (κ2) is 6.98. The van der Waals surface area contributed by atoms with Crippen LogP contribution in [0.4, 0.5) is 5.69 Å². The molecule has 2 aromatic carbocycles. The van der Waals surface area contributed by atoms with Gasteiger partial charge in [-0.15, -0.1) is 0 Å². The second-order valence-corrected chi connectivity index (χ2v) is 8.25. The number of carbonyl (C=O) groups is 1. The highest BCUT2D eigenvalue weighted by atomic mass is 32.2. The molecule has 0 amide bonds. The predicted molar refractivity (Wildman–Crippen MR) is 98.6 cm³/mol. The van der Waals surface area contributed by atoms with Crippen molar-refractivity contribution in [1.82, 2.24) is 4.31 Å². The lowest BCUT2D eigenvalue weighted by Gasteiger charge is -2.35. The quantitative estimate of drug-likeness (QED) is 0.789. The van der Waals surface area contributed by atoms with E-state index < -0.39 is 10.0 Å². The molecule has 0 bridgehead atoms. The van der Waals surface area contributed by atoms with E-state index in [-0.39, 0.29) is 10.7 Å². The molecule has 1 aliphatic heterocycles. The molecule has 0 aromatic heterocycles. The Morgan fingerprint density at radius 2 is 1.64 bits per heavy atom. The van der Waals surface area contributed by atoms with Crippen LogP contribution < -0.4 is 4.90 Å². The summed E-state index contributed by atoms with van der Waals surface area (Å²) >= 11 is 0. The largest absolute Gasteiger partial charge is 0.369 e. The minimum Gasteiger partial charge on any atom is -0.369 e. The van der Waals surface area contributed by atoms with Crippen LogP contribution in [0.2, 0.25) is 0 Å². The topological polar surface area (TPSA) is 57.7 Å². The standard InChI is InChI=1S/C19H22N2O3S/c1-15-5-3-7-18(13-15)20-9-11-21(12-10-20)25(23,24)19-8-4-6-17(14-19)16(2)22/h3-8,13-14H,9-12H2,1-2H3. The van der Waals surface area contributed by atoms with Gasteiger partial charge in [-0.2, -0.15) is 4.31 Å². The van der Waals surface area contributed by atoms with Crippen LogP contribution in [-0.2, 0) is 10.0 Å². The summed E-state index contributed by atoms with van der Waals surface area (Å²) in [5.74, 6) is -0.138. The molecule has 1 heterocycles. The SMILES string of the molecule is CC(=O)c1cccc(S(=O)(=O)N2CCN(c3cccc(C)c3)CC2)c1. The molecule has 0 saturated carbocycles. The van der Waals surface area contributed by atoms with E-state index in [4.69, 9.17) is 0 Å². The number of nitrogens with zero attached hydrogens (tertiary/aromatic N) is 2. The van der Waals surface area contributed by atoms with Gasteiger partial charge in [0.15, 0.2) is 5.78 Å². The first-order valence-corrected chi connectivity index (χ1v) is 9.75. The fourth-order valence-electron chi connectivity index (χ4n) is 3.04. The maximum atomic E-state index is 12.9. The van der Waals surface area contributed by atoms with E-state index in [1.54, 1.807) is 18.2 Å². The van der Waals surface area contributed by atoms with Gasteiger partial charge in [-0.1, -0.05) is 24.3 Å². The highest BCUT2D eigenvalue weighted by Crippen LogP contribution is 2.22. The lowest BCUT2D eigenvalue weighted by Crippen LogP contribution is -2.48. The van der Waals surface area contributed by atoms with Gasteiger partial charge in [-0.3, -0.25) is 4.79 Å². The van der Waals surface area contributed by atoms with E-state index in [1.807, 2.05) is 25.1 Å². The Morgan fingerprint density at radius 3 is 2.28 bits per heavy atom.